The number of ketones is 1. The van der Waals surface area contributed by atoms with Crippen LogP contribution in [0.3, 0.4) is 0 Å². The molecule has 142 valence electrons. The van der Waals surface area contributed by atoms with E-state index < -0.39 is 0 Å². The van der Waals surface area contributed by atoms with Crippen molar-refractivity contribution in [2.24, 2.45) is 11.3 Å². The van der Waals surface area contributed by atoms with Crippen LogP contribution in [0.15, 0.2) is 12.3 Å². The van der Waals surface area contributed by atoms with Crippen LogP contribution in [-0.4, -0.2) is 36.9 Å². The van der Waals surface area contributed by atoms with Crippen LogP contribution in [0.5, 0.6) is 0 Å². The number of allylic oxidation sites excluding steroid dienone is 1. The molecule has 0 radical (unpaired) electrons. The Kier molecular flexibility index (Phi) is 11.3. The van der Waals surface area contributed by atoms with Crippen molar-refractivity contribution >= 4 is 5.78 Å². The monoisotopic (exact) mass is 338 g/mol. The van der Waals surface area contributed by atoms with E-state index in [0.717, 1.165) is 25.8 Å². The van der Waals surface area contributed by atoms with E-state index in [1.54, 1.807) is 6.92 Å². The van der Waals surface area contributed by atoms with Gasteiger partial charge in [-0.3, -0.25) is 4.79 Å². The second-order valence-electron chi connectivity index (χ2n) is 7.10. The molecule has 0 aromatic rings. The minimum Gasteiger partial charge on any atom is -0.375 e. The smallest absolute Gasteiger partial charge is 0.132 e. The summed E-state index contributed by atoms with van der Waals surface area (Å²) in [6, 6.07) is 0. The molecule has 3 heteroatoms. The van der Waals surface area contributed by atoms with Crippen LogP contribution in [0.4, 0.5) is 0 Å². The lowest BCUT2D eigenvalue weighted by Gasteiger charge is -2.47. The highest BCUT2D eigenvalue weighted by atomic mass is 16.1. The molecular formula is C21H42N2O. The third-order valence-corrected chi connectivity index (χ3v) is 5.62. The Morgan fingerprint density at radius 3 is 2.42 bits per heavy atom. The van der Waals surface area contributed by atoms with E-state index >= 15 is 0 Å². The lowest BCUT2D eigenvalue weighted by atomic mass is 9.73. The van der Waals surface area contributed by atoms with Crippen molar-refractivity contribution in [2.75, 3.05) is 26.2 Å². The van der Waals surface area contributed by atoms with Gasteiger partial charge in [0.15, 0.2) is 0 Å². The number of likely N-dealkylation sites (tertiary alicyclic amines) is 1. The number of hydrogen-bond acceptors (Lipinski definition) is 3. The van der Waals surface area contributed by atoms with Crippen LogP contribution in [0.2, 0.25) is 0 Å². The second-order valence-corrected chi connectivity index (χ2v) is 7.10. The van der Waals surface area contributed by atoms with Gasteiger partial charge in [0.1, 0.15) is 5.78 Å². The van der Waals surface area contributed by atoms with Gasteiger partial charge in [-0.1, -0.05) is 34.8 Å². The molecule has 2 fully saturated rings. The summed E-state index contributed by atoms with van der Waals surface area (Å²) in [6.07, 6.45) is 8.19. The lowest BCUT2D eigenvalue weighted by Crippen LogP contribution is -2.48. The second kappa shape index (κ2) is 11.7. The third kappa shape index (κ3) is 6.58. The normalized spacial score (nSPS) is 20.4. The number of hydrogen-bond donors (Lipinski definition) is 1. The first-order chi connectivity index (χ1) is 11.1. The van der Waals surface area contributed by atoms with E-state index in [1.807, 2.05) is 13.8 Å². The standard InChI is InChI=1S/C18H32N2O.C2H6.CH4/c1-4-17(16(3)21)7-6-15(2)20-13-5-8-18(14-20)9-11-19-12-10-18;1-2;/h17,19H,2,4-14H2,1,3H3;1-2H3;1H4. The van der Waals surface area contributed by atoms with Crippen molar-refractivity contribution in [3.8, 4) is 0 Å². The van der Waals surface area contributed by atoms with Gasteiger partial charge in [0.25, 0.3) is 0 Å². The van der Waals surface area contributed by atoms with Gasteiger partial charge in [-0.2, -0.15) is 0 Å². The molecule has 0 aromatic heterocycles. The van der Waals surface area contributed by atoms with Crippen molar-refractivity contribution < 1.29 is 4.79 Å². The summed E-state index contributed by atoms with van der Waals surface area (Å²) in [4.78, 5) is 14.1. The highest BCUT2D eigenvalue weighted by Crippen LogP contribution is 2.39. The Bertz CT molecular complexity index is 367. The van der Waals surface area contributed by atoms with Crippen LogP contribution in [0.25, 0.3) is 0 Å². The predicted molar refractivity (Wildman–Crippen MR) is 106 cm³/mol. The van der Waals surface area contributed by atoms with E-state index in [0.29, 0.717) is 11.2 Å². The van der Waals surface area contributed by atoms with Crippen LogP contribution in [0.1, 0.15) is 80.1 Å². The van der Waals surface area contributed by atoms with E-state index in [4.69, 9.17) is 0 Å². The molecule has 2 aliphatic heterocycles. The first-order valence-electron chi connectivity index (χ1n) is 9.70. The van der Waals surface area contributed by atoms with Gasteiger partial charge >= 0.3 is 0 Å². The molecule has 1 spiro atoms. The molecule has 1 N–H and O–H groups in total. The first kappa shape index (κ1) is 23.2. The van der Waals surface area contributed by atoms with E-state index in [-0.39, 0.29) is 13.3 Å². The number of nitrogens with one attached hydrogen (secondary N) is 1. The van der Waals surface area contributed by atoms with Crippen molar-refractivity contribution in [3.63, 3.8) is 0 Å². The third-order valence-electron chi connectivity index (χ3n) is 5.62. The zero-order chi connectivity index (χ0) is 17.3. The summed E-state index contributed by atoms with van der Waals surface area (Å²) >= 11 is 0. The molecule has 0 aromatic carbocycles. The molecule has 3 nitrogen and oxygen atoms in total. The zero-order valence-corrected chi connectivity index (χ0v) is 15.9. The van der Waals surface area contributed by atoms with E-state index in [2.05, 4.69) is 23.7 Å². The lowest BCUT2D eigenvalue weighted by molar-refractivity contribution is -0.121. The molecule has 0 saturated carbocycles. The number of piperidine rings is 2. The topological polar surface area (TPSA) is 32.3 Å². The summed E-state index contributed by atoms with van der Waals surface area (Å²) in [6.45, 7) is 16.8. The summed E-state index contributed by atoms with van der Waals surface area (Å²) in [7, 11) is 0. The number of rotatable bonds is 6. The molecule has 2 aliphatic rings. The average molecular weight is 339 g/mol. The molecule has 2 rings (SSSR count). The SMILES string of the molecule is C.C=C(CCC(CC)C(C)=O)N1CCCC2(CCNCC2)C1.CC. The highest BCUT2D eigenvalue weighted by Gasteiger charge is 2.36. The van der Waals surface area contributed by atoms with Crippen molar-refractivity contribution in [2.45, 2.75) is 80.1 Å². The molecule has 24 heavy (non-hydrogen) atoms. The van der Waals surface area contributed by atoms with Gasteiger partial charge in [-0.25, -0.2) is 0 Å². The molecule has 0 aliphatic carbocycles. The van der Waals surface area contributed by atoms with Gasteiger partial charge in [-0.05, 0) is 70.4 Å². The number of nitrogens with zero attached hydrogens (tertiary/aromatic N) is 1. The fourth-order valence-corrected chi connectivity index (χ4v) is 4.04. The van der Waals surface area contributed by atoms with Crippen molar-refractivity contribution in [1.82, 2.24) is 10.2 Å². The molecule has 2 heterocycles. The maximum atomic E-state index is 11.6. The van der Waals surface area contributed by atoms with Gasteiger partial charge < -0.3 is 10.2 Å². The predicted octanol–water partition coefficient (Wildman–Crippen LogP) is 5.02. The Hall–Kier alpha value is -0.830. The number of carbonyl (C=O) groups excluding carboxylic acids is 1. The van der Waals surface area contributed by atoms with E-state index in [1.165, 1.54) is 51.0 Å². The van der Waals surface area contributed by atoms with Crippen LogP contribution in [-0.2, 0) is 4.79 Å². The first-order valence-corrected chi connectivity index (χ1v) is 9.70. The van der Waals surface area contributed by atoms with Crippen LogP contribution >= 0.6 is 0 Å². The molecule has 1 atom stereocenters. The van der Waals surface area contributed by atoms with Gasteiger partial charge in [0.05, 0.1) is 0 Å². The molecule has 0 bridgehead atoms. The molecule has 0 amide bonds. The fraction of sp³-hybridized carbons (Fsp3) is 0.857. The minimum absolute atomic E-state index is 0. The van der Waals surface area contributed by atoms with Crippen molar-refractivity contribution in [3.05, 3.63) is 12.3 Å². The van der Waals surface area contributed by atoms with Gasteiger partial charge in [0.2, 0.25) is 0 Å². The minimum atomic E-state index is 0. The van der Waals surface area contributed by atoms with E-state index in [9.17, 15) is 4.79 Å². The summed E-state index contributed by atoms with van der Waals surface area (Å²) in [5.74, 6) is 0.554. The highest BCUT2D eigenvalue weighted by molar-refractivity contribution is 5.78. The molecule has 2 saturated heterocycles. The summed E-state index contributed by atoms with van der Waals surface area (Å²) in [5, 5.41) is 3.48. The van der Waals surface area contributed by atoms with Gasteiger partial charge in [-0.15, -0.1) is 0 Å². The zero-order valence-electron chi connectivity index (χ0n) is 15.9. The Labute approximate surface area is 151 Å². The molecular weight excluding hydrogens is 296 g/mol. The summed E-state index contributed by atoms with van der Waals surface area (Å²) in [5.41, 5.74) is 1.78. The Morgan fingerprint density at radius 1 is 1.25 bits per heavy atom. The Balaban J connectivity index is 0.00000170. The fourth-order valence-electron chi connectivity index (χ4n) is 4.04. The molecule has 1 unspecified atom stereocenters. The van der Waals surface area contributed by atoms with Crippen LogP contribution < -0.4 is 5.32 Å². The summed E-state index contributed by atoms with van der Waals surface area (Å²) < 4.78 is 0. The van der Waals surface area contributed by atoms with Crippen LogP contribution in [0, 0.1) is 11.3 Å². The maximum absolute atomic E-state index is 11.6. The van der Waals surface area contributed by atoms with Crippen molar-refractivity contribution in [1.29, 1.82) is 0 Å². The quantitative estimate of drug-likeness (QED) is 0.737. The average Bonchev–Trinajstić information content (AvgIpc) is 2.57. The largest absolute Gasteiger partial charge is 0.375 e. The van der Waals surface area contributed by atoms with Gasteiger partial charge in [0, 0.05) is 24.7 Å². The number of Topliss-reactive ketones (excluding diaryl/α,β-unsaturated/α-hetero) is 1. The maximum Gasteiger partial charge on any atom is 0.132 e. The number of carbonyl (C=O) groups is 1. The Morgan fingerprint density at radius 2 is 1.88 bits per heavy atom.